The van der Waals surface area contributed by atoms with E-state index in [-0.39, 0.29) is 19.1 Å². The summed E-state index contributed by atoms with van der Waals surface area (Å²) in [5.74, 6) is 0.563. The van der Waals surface area contributed by atoms with Gasteiger partial charge in [0.15, 0.2) is 6.61 Å². The Kier molecular flexibility index (Phi) is 4.92. The lowest BCUT2D eigenvalue weighted by Gasteiger charge is -2.20. The molecule has 1 aromatic heterocycles. The second-order valence-corrected chi connectivity index (χ2v) is 6.61. The van der Waals surface area contributed by atoms with E-state index in [0.29, 0.717) is 42.4 Å². The number of likely N-dealkylation sites (tertiary alicyclic amines) is 1. The molecule has 138 valence electrons. The molecule has 8 heteroatoms. The van der Waals surface area contributed by atoms with Gasteiger partial charge >= 0.3 is 5.97 Å². The lowest BCUT2D eigenvalue weighted by Crippen LogP contribution is -2.34. The van der Waals surface area contributed by atoms with Gasteiger partial charge < -0.3 is 19.3 Å². The van der Waals surface area contributed by atoms with E-state index in [1.54, 1.807) is 36.1 Å². The average molecular weight is 359 g/mol. The lowest BCUT2D eigenvalue weighted by atomic mass is 9.90. The zero-order chi connectivity index (χ0) is 18.7. The third-order valence-electron chi connectivity index (χ3n) is 4.56. The number of amides is 1. The molecular formula is C18H21N3O5. The highest BCUT2D eigenvalue weighted by Crippen LogP contribution is 2.31. The van der Waals surface area contributed by atoms with E-state index < -0.39 is 11.4 Å². The smallest absolute Gasteiger partial charge is 0.311 e. The number of hydrogen-bond acceptors (Lipinski definition) is 6. The fourth-order valence-electron chi connectivity index (χ4n) is 2.83. The van der Waals surface area contributed by atoms with Crippen LogP contribution in [0.5, 0.6) is 5.75 Å². The molecule has 26 heavy (non-hydrogen) atoms. The summed E-state index contributed by atoms with van der Waals surface area (Å²) >= 11 is 0. The van der Waals surface area contributed by atoms with Crippen molar-refractivity contribution < 1.29 is 24.0 Å². The van der Waals surface area contributed by atoms with Crippen LogP contribution in [0.25, 0.3) is 0 Å². The van der Waals surface area contributed by atoms with E-state index >= 15 is 0 Å². The average Bonchev–Trinajstić information content (AvgIpc) is 3.27. The first kappa shape index (κ1) is 17.9. The molecule has 0 bridgehead atoms. The zero-order valence-electron chi connectivity index (χ0n) is 14.8. The second kappa shape index (κ2) is 7.15. The predicted octanol–water partition coefficient (Wildman–Crippen LogP) is 2.15. The SMILES string of the molecule is CCc1nc(COc2ccc(C(=O)N3CCC(C)(C(=O)O)C3)cc2)no1. The quantitative estimate of drug-likeness (QED) is 0.842. The summed E-state index contributed by atoms with van der Waals surface area (Å²) in [6.45, 7) is 4.43. The normalized spacial score (nSPS) is 19.5. The molecule has 1 aliphatic heterocycles. The van der Waals surface area contributed by atoms with Crippen molar-refractivity contribution in [2.45, 2.75) is 33.3 Å². The molecule has 8 nitrogen and oxygen atoms in total. The van der Waals surface area contributed by atoms with Gasteiger partial charge in [-0.25, -0.2) is 0 Å². The van der Waals surface area contributed by atoms with E-state index in [9.17, 15) is 14.7 Å². The van der Waals surface area contributed by atoms with Crippen LogP contribution in [0.4, 0.5) is 0 Å². The highest BCUT2D eigenvalue weighted by molar-refractivity contribution is 5.95. The van der Waals surface area contributed by atoms with Gasteiger partial charge in [0, 0.05) is 25.1 Å². The monoisotopic (exact) mass is 359 g/mol. The van der Waals surface area contributed by atoms with Crippen LogP contribution in [-0.4, -0.2) is 45.1 Å². The summed E-state index contributed by atoms with van der Waals surface area (Å²) in [5, 5.41) is 13.1. The highest BCUT2D eigenvalue weighted by Gasteiger charge is 2.42. The van der Waals surface area contributed by atoms with Gasteiger partial charge in [0.25, 0.3) is 5.91 Å². The third-order valence-corrected chi connectivity index (χ3v) is 4.56. The van der Waals surface area contributed by atoms with Gasteiger partial charge in [-0.2, -0.15) is 4.98 Å². The zero-order valence-corrected chi connectivity index (χ0v) is 14.8. The van der Waals surface area contributed by atoms with Crippen molar-refractivity contribution in [2.24, 2.45) is 5.41 Å². The summed E-state index contributed by atoms with van der Waals surface area (Å²) < 4.78 is 10.6. The minimum absolute atomic E-state index is 0.174. The van der Waals surface area contributed by atoms with Gasteiger partial charge in [-0.1, -0.05) is 12.1 Å². The summed E-state index contributed by atoms with van der Waals surface area (Å²) in [4.78, 5) is 29.6. The fourth-order valence-corrected chi connectivity index (χ4v) is 2.83. The summed E-state index contributed by atoms with van der Waals surface area (Å²) in [6, 6.07) is 6.73. The molecule has 1 amide bonds. The molecule has 3 rings (SSSR count). The summed E-state index contributed by atoms with van der Waals surface area (Å²) in [7, 11) is 0. The predicted molar refractivity (Wildman–Crippen MR) is 90.7 cm³/mol. The van der Waals surface area contributed by atoms with Gasteiger partial charge in [0.05, 0.1) is 5.41 Å². The van der Waals surface area contributed by atoms with Crippen molar-refractivity contribution in [2.75, 3.05) is 13.1 Å². The lowest BCUT2D eigenvalue weighted by molar-refractivity contribution is -0.147. The molecule has 1 unspecified atom stereocenters. The number of carbonyl (C=O) groups excluding carboxylic acids is 1. The fraction of sp³-hybridized carbons (Fsp3) is 0.444. The number of carboxylic acids is 1. The number of benzene rings is 1. The van der Waals surface area contributed by atoms with Crippen LogP contribution in [0, 0.1) is 5.41 Å². The van der Waals surface area contributed by atoms with Gasteiger partial charge in [0.1, 0.15) is 5.75 Å². The van der Waals surface area contributed by atoms with Gasteiger partial charge in [0.2, 0.25) is 11.7 Å². The molecule has 1 atom stereocenters. The molecule has 1 saturated heterocycles. The van der Waals surface area contributed by atoms with E-state index in [2.05, 4.69) is 10.1 Å². The molecule has 0 saturated carbocycles. The largest absolute Gasteiger partial charge is 0.485 e. The number of aliphatic carboxylic acids is 1. The maximum atomic E-state index is 12.5. The standard InChI is InChI=1S/C18H21N3O5/c1-3-15-19-14(20-26-15)10-25-13-6-4-12(5-7-13)16(22)21-9-8-18(2,11-21)17(23)24/h4-7H,3,8-11H2,1-2H3,(H,23,24). The Balaban J connectivity index is 1.59. The van der Waals surface area contributed by atoms with Crippen LogP contribution in [0.2, 0.25) is 0 Å². The molecule has 1 aliphatic rings. The van der Waals surface area contributed by atoms with Gasteiger partial charge in [-0.05, 0) is 37.6 Å². The number of hydrogen-bond donors (Lipinski definition) is 1. The molecular weight excluding hydrogens is 338 g/mol. The van der Waals surface area contributed by atoms with Crippen molar-refractivity contribution in [1.29, 1.82) is 0 Å². The van der Waals surface area contributed by atoms with Crippen LogP contribution in [0.15, 0.2) is 28.8 Å². The Morgan fingerprint density at radius 2 is 2.08 bits per heavy atom. The second-order valence-electron chi connectivity index (χ2n) is 6.61. The molecule has 2 heterocycles. The number of rotatable bonds is 6. The number of aryl methyl sites for hydroxylation is 1. The number of carboxylic acid groups (broad SMARTS) is 1. The van der Waals surface area contributed by atoms with Crippen LogP contribution >= 0.6 is 0 Å². The minimum Gasteiger partial charge on any atom is -0.485 e. The summed E-state index contributed by atoms with van der Waals surface area (Å²) in [6.07, 6.45) is 1.13. The van der Waals surface area contributed by atoms with E-state index in [0.717, 1.165) is 0 Å². The van der Waals surface area contributed by atoms with Crippen LogP contribution in [-0.2, 0) is 17.8 Å². The van der Waals surface area contributed by atoms with Crippen LogP contribution in [0.1, 0.15) is 42.3 Å². The molecule has 0 radical (unpaired) electrons. The van der Waals surface area contributed by atoms with Crippen molar-refractivity contribution in [3.05, 3.63) is 41.5 Å². The Morgan fingerprint density at radius 3 is 2.65 bits per heavy atom. The van der Waals surface area contributed by atoms with Crippen LogP contribution in [0.3, 0.4) is 0 Å². The molecule has 2 aromatic rings. The molecule has 1 fully saturated rings. The topological polar surface area (TPSA) is 106 Å². The Hall–Kier alpha value is -2.90. The van der Waals surface area contributed by atoms with Crippen molar-refractivity contribution >= 4 is 11.9 Å². The van der Waals surface area contributed by atoms with E-state index in [1.165, 1.54) is 0 Å². The molecule has 1 aromatic carbocycles. The number of ether oxygens (including phenoxy) is 1. The van der Waals surface area contributed by atoms with E-state index in [4.69, 9.17) is 9.26 Å². The number of carbonyl (C=O) groups is 2. The molecule has 0 spiro atoms. The first-order valence-corrected chi connectivity index (χ1v) is 8.48. The van der Waals surface area contributed by atoms with Crippen molar-refractivity contribution in [1.82, 2.24) is 15.0 Å². The Morgan fingerprint density at radius 1 is 1.35 bits per heavy atom. The van der Waals surface area contributed by atoms with Gasteiger partial charge in [-0.15, -0.1) is 0 Å². The first-order chi connectivity index (χ1) is 12.4. The van der Waals surface area contributed by atoms with Crippen LogP contribution < -0.4 is 4.74 Å². The Bertz CT molecular complexity index is 801. The van der Waals surface area contributed by atoms with Gasteiger partial charge in [-0.3, -0.25) is 9.59 Å². The first-order valence-electron chi connectivity index (χ1n) is 8.48. The minimum atomic E-state index is -0.874. The molecule has 0 aliphatic carbocycles. The van der Waals surface area contributed by atoms with Crippen molar-refractivity contribution in [3.8, 4) is 5.75 Å². The maximum Gasteiger partial charge on any atom is 0.311 e. The van der Waals surface area contributed by atoms with Crippen molar-refractivity contribution in [3.63, 3.8) is 0 Å². The number of aromatic nitrogens is 2. The highest BCUT2D eigenvalue weighted by atomic mass is 16.5. The van der Waals surface area contributed by atoms with E-state index in [1.807, 2.05) is 6.92 Å². The summed E-state index contributed by atoms with van der Waals surface area (Å²) in [5.41, 5.74) is -0.375. The number of nitrogens with zero attached hydrogens (tertiary/aromatic N) is 3. The maximum absolute atomic E-state index is 12.5. The Labute approximate surface area is 150 Å². The third kappa shape index (κ3) is 3.68. The molecule has 1 N–H and O–H groups in total.